The van der Waals surface area contributed by atoms with Crippen LogP contribution in [-0.2, 0) is 0 Å². The average Bonchev–Trinajstić information content (AvgIpc) is 2.66. The SMILES string of the molecule is C=C(C)COc1ccc(C2Nc3ccccc3C(=O)N2CC)cc1OC. The number of amides is 1. The maximum absolute atomic E-state index is 12.9. The van der Waals surface area contributed by atoms with E-state index in [1.807, 2.05) is 61.2 Å². The maximum Gasteiger partial charge on any atom is 0.257 e. The number of benzene rings is 2. The van der Waals surface area contributed by atoms with Crippen LogP contribution in [0.2, 0.25) is 0 Å². The minimum Gasteiger partial charge on any atom is -0.493 e. The molecular weight excluding hydrogens is 328 g/mol. The Kier molecular flexibility index (Phi) is 5.16. The van der Waals surface area contributed by atoms with Gasteiger partial charge < -0.3 is 19.7 Å². The van der Waals surface area contributed by atoms with Crippen LogP contribution in [0.15, 0.2) is 54.6 Å². The number of rotatable bonds is 6. The number of hydrogen-bond donors (Lipinski definition) is 1. The lowest BCUT2D eigenvalue weighted by Gasteiger charge is -2.37. The van der Waals surface area contributed by atoms with Crippen molar-refractivity contribution in [3.8, 4) is 11.5 Å². The number of carbonyl (C=O) groups excluding carboxylic acids is 1. The molecule has 2 aromatic carbocycles. The predicted molar refractivity (Wildman–Crippen MR) is 103 cm³/mol. The van der Waals surface area contributed by atoms with E-state index in [4.69, 9.17) is 9.47 Å². The van der Waals surface area contributed by atoms with Crippen LogP contribution in [0, 0.1) is 0 Å². The van der Waals surface area contributed by atoms with Crippen LogP contribution in [0.4, 0.5) is 5.69 Å². The number of nitrogens with one attached hydrogen (secondary N) is 1. The summed E-state index contributed by atoms with van der Waals surface area (Å²) in [5.41, 5.74) is 3.41. The lowest BCUT2D eigenvalue weighted by atomic mass is 10.0. The number of carbonyl (C=O) groups is 1. The number of fused-ring (bicyclic) bond motifs is 1. The molecule has 2 aromatic rings. The van der Waals surface area contributed by atoms with Crippen molar-refractivity contribution in [2.75, 3.05) is 25.6 Å². The van der Waals surface area contributed by atoms with E-state index >= 15 is 0 Å². The molecule has 5 nitrogen and oxygen atoms in total. The first-order chi connectivity index (χ1) is 12.5. The normalized spacial score (nSPS) is 15.9. The van der Waals surface area contributed by atoms with Crippen LogP contribution in [0.3, 0.4) is 0 Å². The van der Waals surface area contributed by atoms with Gasteiger partial charge in [0.05, 0.1) is 12.7 Å². The van der Waals surface area contributed by atoms with Gasteiger partial charge in [-0.1, -0.05) is 24.8 Å². The van der Waals surface area contributed by atoms with Crippen molar-refractivity contribution in [1.82, 2.24) is 4.90 Å². The summed E-state index contributed by atoms with van der Waals surface area (Å²) >= 11 is 0. The molecule has 5 heteroatoms. The maximum atomic E-state index is 12.9. The molecule has 0 radical (unpaired) electrons. The molecule has 3 rings (SSSR count). The first-order valence-corrected chi connectivity index (χ1v) is 8.66. The molecule has 0 spiro atoms. The standard InChI is InChI=1S/C21H24N2O3/c1-5-23-20(22-17-9-7-6-8-16(17)21(23)24)15-10-11-18(19(12-15)25-4)26-13-14(2)3/h6-12,20,22H,2,5,13H2,1,3-4H3. The summed E-state index contributed by atoms with van der Waals surface area (Å²) in [5, 5.41) is 3.46. The molecule has 0 aromatic heterocycles. The number of hydrogen-bond acceptors (Lipinski definition) is 4. The van der Waals surface area contributed by atoms with Crippen molar-refractivity contribution in [3.63, 3.8) is 0 Å². The van der Waals surface area contributed by atoms with E-state index in [0.29, 0.717) is 30.2 Å². The molecule has 0 saturated heterocycles. The third-order valence-corrected chi connectivity index (χ3v) is 4.34. The molecule has 1 aliphatic heterocycles. The molecule has 1 heterocycles. The minimum absolute atomic E-state index is 0.0217. The highest BCUT2D eigenvalue weighted by Crippen LogP contribution is 2.36. The number of methoxy groups -OCH3 is 1. The van der Waals surface area contributed by atoms with Crippen LogP contribution in [-0.4, -0.2) is 31.1 Å². The second kappa shape index (κ2) is 7.52. The summed E-state index contributed by atoms with van der Waals surface area (Å²) in [6.07, 6.45) is -0.258. The van der Waals surface area contributed by atoms with E-state index < -0.39 is 0 Å². The zero-order chi connectivity index (χ0) is 18.7. The molecule has 1 aliphatic rings. The smallest absolute Gasteiger partial charge is 0.257 e. The van der Waals surface area contributed by atoms with Gasteiger partial charge in [0, 0.05) is 12.2 Å². The number of ether oxygens (including phenoxy) is 2. The van der Waals surface area contributed by atoms with Crippen LogP contribution in [0.1, 0.15) is 35.9 Å². The highest BCUT2D eigenvalue weighted by molar-refractivity contribution is 6.01. The van der Waals surface area contributed by atoms with Gasteiger partial charge in [0.1, 0.15) is 12.8 Å². The van der Waals surface area contributed by atoms with E-state index in [0.717, 1.165) is 16.8 Å². The third-order valence-electron chi connectivity index (χ3n) is 4.34. The number of anilines is 1. The van der Waals surface area contributed by atoms with Gasteiger partial charge in [-0.2, -0.15) is 0 Å². The van der Waals surface area contributed by atoms with Crippen molar-refractivity contribution in [2.24, 2.45) is 0 Å². The highest BCUT2D eigenvalue weighted by Gasteiger charge is 2.32. The second-order valence-electron chi connectivity index (χ2n) is 6.34. The number of para-hydroxylation sites is 1. The van der Waals surface area contributed by atoms with Crippen molar-refractivity contribution in [2.45, 2.75) is 20.0 Å². The van der Waals surface area contributed by atoms with Crippen LogP contribution in [0.25, 0.3) is 0 Å². The topological polar surface area (TPSA) is 50.8 Å². The van der Waals surface area contributed by atoms with Crippen LogP contribution >= 0.6 is 0 Å². The summed E-state index contributed by atoms with van der Waals surface area (Å²) < 4.78 is 11.2. The molecule has 0 fully saturated rings. The summed E-state index contributed by atoms with van der Waals surface area (Å²) in [7, 11) is 1.61. The number of nitrogens with zero attached hydrogens (tertiary/aromatic N) is 1. The first-order valence-electron chi connectivity index (χ1n) is 8.66. The van der Waals surface area contributed by atoms with Gasteiger partial charge in [0.15, 0.2) is 11.5 Å². The first kappa shape index (κ1) is 17.9. The monoisotopic (exact) mass is 352 g/mol. The highest BCUT2D eigenvalue weighted by atomic mass is 16.5. The summed E-state index contributed by atoms with van der Waals surface area (Å²) in [6, 6.07) is 13.3. The molecule has 1 N–H and O–H groups in total. The summed E-state index contributed by atoms with van der Waals surface area (Å²) in [4.78, 5) is 14.7. The van der Waals surface area contributed by atoms with Gasteiger partial charge in [-0.3, -0.25) is 4.79 Å². The molecular formula is C21H24N2O3. The quantitative estimate of drug-likeness (QED) is 0.790. The predicted octanol–water partition coefficient (Wildman–Crippen LogP) is 4.24. The average molecular weight is 352 g/mol. The molecule has 0 saturated carbocycles. The Morgan fingerprint density at radius 2 is 2.00 bits per heavy atom. The van der Waals surface area contributed by atoms with Crippen LogP contribution in [0.5, 0.6) is 11.5 Å². The fourth-order valence-corrected chi connectivity index (χ4v) is 3.06. The van der Waals surface area contributed by atoms with Gasteiger partial charge in [0.25, 0.3) is 5.91 Å². The molecule has 1 amide bonds. The molecule has 0 aliphatic carbocycles. The fourth-order valence-electron chi connectivity index (χ4n) is 3.06. The van der Waals surface area contributed by atoms with Gasteiger partial charge in [0.2, 0.25) is 0 Å². The Labute approximate surface area is 154 Å². The van der Waals surface area contributed by atoms with Gasteiger partial charge in [-0.15, -0.1) is 0 Å². The van der Waals surface area contributed by atoms with E-state index in [2.05, 4.69) is 11.9 Å². The zero-order valence-electron chi connectivity index (χ0n) is 15.4. The molecule has 0 bridgehead atoms. The van der Waals surface area contributed by atoms with Crippen molar-refractivity contribution in [3.05, 3.63) is 65.7 Å². The van der Waals surface area contributed by atoms with E-state index in [1.165, 1.54) is 0 Å². The second-order valence-corrected chi connectivity index (χ2v) is 6.34. The third kappa shape index (κ3) is 3.38. The molecule has 1 unspecified atom stereocenters. The van der Waals surface area contributed by atoms with E-state index in [-0.39, 0.29) is 12.1 Å². The fraction of sp³-hybridized carbons (Fsp3) is 0.286. The lowest BCUT2D eigenvalue weighted by molar-refractivity contribution is 0.0694. The Hall–Kier alpha value is -2.95. The Morgan fingerprint density at radius 3 is 2.69 bits per heavy atom. The van der Waals surface area contributed by atoms with Crippen molar-refractivity contribution in [1.29, 1.82) is 0 Å². The lowest BCUT2D eigenvalue weighted by Crippen LogP contribution is -2.42. The summed E-state index contributed by atoms with van der Waals surface area (Å²) in [5.74, 6) is 1.31. The molecule has 1 atom stereocenters. The summed E-state index contributed by atoms with van der Waals surface area (Å²) in [6.45, 7) is 8.77. The van der Waals surface area contributed by atoms with Crippen molar-refractivity contribution >= 4 is 11.6 Å². The van der Waals surface area contributed by atoms with E-state index in [1.54, 1.807) is 7.11 Å². The van der Waals surface area contributed by atoms with Crippen molar-refractivity contribution < 1.29 is 14.3 Å². The Morgan fingerprint density at radius 1 is 1.23 bits per heavy atom. The van der Waals surface area contributed by atoms with Gasteiger partial charge >= 0.3 is 0 Å². The largest absolute Gasteiger partial charge is 0.493 e. The minimum atomic E-state index is -0.258. The molecule has 136 valence electrons. The van der Waals surface area contributed by atoms with Gasteiger partial charge in [-0.25, -0.2) is 0 Å². The Bertz CT molecular complexity index is 832. The van der Waals surface area contributed by atoms with Gasteiger partial charge in [-0.05, 0) is 49.2 Å². The zero-order valence-corrected chi connectivity index (χ0v) is 15.4. The molecule has 26 heavy (non-hydrogen) atoms. The van der Waals surface area contributed by atoms with E-state index in [9.17, 15) is 4.79 Å². The van der Waals surface area contributed by atoms with Crippen LogP contribution < -0.4 is 14.8 Å². The Balaban J connectivity index is 1.94.